The van der Waals surface area contributed by atoms with Gasteiger partial charge in [0.2, 0.25) is 0 Å². The molecule has 1 unspecified atom stereocenters. The van der Waals surface area contributed by atoms with Gasteiger partial charge in [0.15, 0.2) is 0 Å². The molecule has 1 heterocycles. The molecule has 1 aromatic rings. The number of aliphatic hydroxyl groups excluding tert-OH is 1. The van der Waals surface area contributed by atoms with Crippen LogP contribution in [0.25, 0.3) is 0 Å². The van der Waals surface area contributed by atoms with Crippen molar-refractivity contribution in [3.05, 3.63) is 29.0 Å². The highest BCUT2D eigenvalue weighted by atomic mass is 35.5. The highest BCUT2D eigenvalue weighted by Crippen LogP contribution is 2.37. The van der Waals surface area contributed by atoms with Crippen LogP contribution < -0.4 is 0 Å². The number of aromatic nitrogens is 1. The van der Waals surface area contributed by atoms with Gasteiger partial charge >= 0.3 is 0 Å². The molecule has 13 heavy (non-hydrogen) atoms. The third-order valence-electron chi connectivity index (χ3n) is 2.39. The van der Waals surface area contributed by atoms with Crippen LogP contribution >= 0.6 is 11.6 Å². The van der Waals surface area contributed by atoms with Crippen LogP contribution in [0.5, 0.6) is 0 Å². The van der Waals surface area contributed by atoms with E-state index in [1.165, 1.54) is 12.8 Å². The van der Waals surface area contributed by atoms with Crippen molar-refractivity contribution in [2.45, 2.75) is 25.4 Å². The van der Waals surface area contributed by atoms with Crippen LogP contribution in [0.15, 0.2) is 18.3 Å². The van der Waals surface area contributed by atoms with E-state index in [1.54, 1.807) is 12.3 Å². The number of hydrogen-bond acceptors (Lipinski definition) is 2. The Balaban J connectivity index is 2.01. The Hall–Kier alpha value is -0.600. The van der Waals surface area contributed by atoms with Crippen molar-refractivity contribution < 1.29 is 5.11 Å². The number of hydrogen-bond donors (Lipinski definition) is 1. The van der Waals surface area contributed by atoms with E-state index >= 15 is 0 Å². The number of aliphatic hydroxyl groups is 1. The first-order valence-electron chi connectivity index (χ1n) is 4.55. The van der Waals surface area contributed by atoms with Crippen molar-refractivity contribution in [1.29, 1.82) is 0 Å². The third kappa shape index (κ3) is 2.42. The summed E-state index contributed by atoms with van der Waals surface area (Å²) in [6.45, 7) is 0. The van der Waals surface area contributed by atoms with Gasteiger partial charge in [-0.2, -0.15) is 0 Å². The van der Waals surface area contributed by atoms with Gasteiger partial charge in [0.25, 0.3) is 0 Å². The Labute approximate surface area is 82.6 Å². The molecule has 1 saturated carbocycles. The van der Waals surface area contributed by atoms with E-state index in [4.69, 9.17) is 11.6 Å². The number of rotatable bonds is 3. The largest absolute Gasteiger partial charge is 0.388 e. The number of nitrogens with zero attached hydrogens (tertiary/aromatic N) is 1. The maximum absolute atomic E-state index is 9.74. The van der Waals surface area contributed by atoms with Crippen molar-refractivity contribution in [3.63, 3.8) is 0 Å². The molecule has 0 spiro atoms. The Morgan fingerprint density at radius 3 is 2.85 bits per heavy atom. The summed E-state index contributed by atoms with van der Waals surface area (Å²) in [6, 6.07) is 3.55. The summed E-state index contributed by atoms with van der Waals surface area (Å²) < 4.78 is 0. The average molecular weight is 198 g/mol. The molecule has 0 amide bonds. The minimum atomic E-state index is -0.364. The summed E-state index contributed by atoms with van der Waals surface area (Å²) >= 11 is 5.64. The normalized spacial score (nSPS) is 18.6. The zero-order valence-electron chi connectivity index (χ0n) is 7.28. The van der Waals surface area contributed by atoms with Crippen LogP contribution in [0, 0.1) is 5.92 Å². The fourth-order valence-corrected chi connectivity index (χ4v) is 1.50. The quantitative estimate of drug-likeness (QED) is 0.756. The molecule has 1 N–H and O–H groups in total. The van der Waals surface area contributed by atoms with Gasteiger partial charge in [-0.1, -0.05) is 30.5 Å². The summed E-state index contributed by atoms with van der Waals surface area (Å²) in [5.74, 6) is 0.727. The van der Waals surface area contributed by atoms with Gasteiger partial charge in [0.1, 0.15) is 5.15 Å². The highest BCUT2D eigenvalue weighted by molar-refractivity contribution is 6.29. The number of halogens is 1. The molecule has 0 radical (unpaired) electrons. The first-order chi connectivity index (χ1) is 6.25. The Morgan fingerprint density at radius 2 is 2.31 bits per heavy atom. The molecule has 1 aliphatic rings. The molecule has 70 valence electrons. The summed E-state index contributed by atoms with van der Waals surface area (Å²) in [7, 11) is 0. The van der Waals surface area contributed by atoms with Gasteiger partial charge in [-0.3, -0.25) is 0 Å². The van der Waals surface area contributed by atoms with Crippen molar-refractivity contribution in [1.82, 2.24) is 4.98 Å². The summed E-state index contributed by atoms with van der Waals surface area (Å²) in [4.78, 5) is 3.93. The Kier molecular flexibility index (Phi) is 2.51. The summed E-state index contributed by atoms with van der Waals surface area (Å²) in [6.07, 6.45) is 4.67. The lowest BCUT2D eigenvalue weighted by atomic mass is 10.1. The van der Waals surface area contributed by atoms with E-state index in [1.807, 2.05) is 6.07 Å². The van der Waals surface area contributed by atoms with E-state index in [9.17, 15) is 5.11 Å². The fraction of sp³-hybridized carbons (Fsp3) is 0.500. The average Bonchev–Trinajstić information content (AvgIpc) is 2.89. The third-order valence-corrected chi connectivity index (χ3v) is 2.61. The predicted molar refractivity (Wildman–Crippen MR) is 51.5 cm³/mol. The standard InChI is InChI=1S/C10H12ClNO/c11-10-4-3-8(6-12-10)9(13)5-7-1-2-7/h3-4,6-7,9,13H,1-2,5H2. The van der Waals surface area contributed by atoms with Gasteiger partial charge in [-0.25, -0.2) is 4.98 Å². The lowest BCUT2D eigenvalue weighted by Gasteiger charge is -2.08. The van der Waals surface area contributed by atoms with E-state index in [0.29, 0.717) is 5.15 Å². The maximum atomic E-state index is 9.74. The summed E-state index contributed by atoms with van der Waals surface area (Å²) in [5, 5.41) is 10.2. The monoisotopic (exact) mass is 197 g/mol. The fourth-order valence-electron chi connectivity index (χ4n) is 1.39. The van der Waals surface area contributed by atoms with Gasteiger partial charge in [0, 0.05) is 6.20 Å². The molecule has 2 rings (SSSR count). The maximum Gasteiger partial charge on any atom is 0.129 e. The first-order valence-corrected chi connectivity index (χ1v) is 4.93. The molecular weight excluding hydrogens is 186 g/mol. The molecule has 0 bridgehead atoms. The molecule has 1 aromatic heterocycles. The Morgan fingerprint density at radius 1 is 1.54 bits per heavy atom. The van der Waals surface area contributed by atoms with E-state index in [2.05, 4.69) is 4.98 Å². The Bertz CT molecular complexity index is 281. The second kappa shape index (κ2) is 3.64. The molecule has 2 nitrogen and oxygen atoms in total. The lowest BCUT2D eigenvalue weighted by molar-refractivity contribution is 0.160. The van der Waals surface area contributed by atoms with Gasteiger partial charge < -0.3 is 5.11 Å². The topological polar surface area (TPSA) is 33.1 Å². The molecule has 3 heteroatoms. The van der Waals surface area contributed by atoms with Gasteiger partial charge in [0.05, 0.1) is 6.10 Å². The van der Waals surface area contributed by atoms with Crippen molar-refractivity contribution in [3.8, 4) is 0 Å². The molecule has 0 aliphatic heterocycles. The minimum absolute atomic E-state index is 0.364. The second-order valence-corrected chi connectivity index (χ2v) is 4.00. The van der Waals surface area contributed by atoms with Crippen molar-refractivity contribution in [2.24, 2.45) is 5.92 Å². The van der Waals surface area contributed by atoms with Gasteiger partial charge in [-0.15, -0.1) is 0 Å². The van der Waals surface area contributed by atoms with Crippen LogP contribution in [0.2, 0.25) is 5.15 Å². The molecule has 1 atom stereocenters. The van der Waals surface area contributed by atoms with Gasteiger partial charge in [-0.05, 0) is 24.0 Å². The van der Waals surface area contributed by atoms with E-state index in [0.717, 1.165) is 17.9 Å². The highest BCUT2D eigenvalue weighted by Gasteiger charge is 2.25. The minimum Gasteiger partial charge on any atom is -0.388 e. The zero-order chi connectivity index (χ0) is 9.26. The molecule has 0 saturated heterocycles. The SMILES string of the molecule is OC(CC1CC1)c1ccc(Cl)nc1. The molecule has 1 aliphatic carbocycles. The van der Waals surface area contributed by atoms with Crippen LogP contribution in [-0.4, -0.2) is 10.1 Å². The summed E-state index contributed by atoms with van der Waals surface area (Å²) in [5.41, 5.74) is 0.872. The van der Waals surface area contributed by atoms with Crippen LogP contribution in [0.3, 0.4) is 0 Å². The van der Waals surface area contributed by atoms with Crippen molar-refractivity contribution >= 4 is 11.6 Å². The lowest BCUT2D eigenvalue weighted by Crippen LogP contribution is -1.98. The predicted octanol–water partition coefficient (Wildman–Crippen LogP) is 2.57. The smallest absolute Gasteiger partial charge is 0.129 e. The van der Waals surface area contributed by atoms with E-state index in [-0.39, 0.29) is 6.10 Å². The van der Waals surface area contributed by atoms with Crippen LogP contribution in [0.1, 0.15) is 30.9 Å². The molecule has 0 aromatic carbocycles. The van der Waals surface area contributed by atoms with Crippen LogP contribution in [-0.2, 0) is 0 Å². The van der Waals surface area contributed by atoms with E-state index < -0.39 is 0 Å². The molecular formula is C10H12ClNO. The van der Waals surface area contributed by atoms with Crippen LogP contribution in [0.4, 0.5) is 0 Å². The number of pyridine rings is 1. The second-order valence-electron chi connectivity index (χ2n) is 3.61. The first kappa shape index (κ1) is 8.97. The van der Waals surface area contributed by atoms with Crippen molar-refractivity contribution in [2.75, 3.05) is 0 Å². The zero-order valence-corrected chi connectivity index (χ0v) is 8.04. The molecule has 1 fully saturated rings.